The van der Waals surface area contributed by atoms with Crippen LogP contribution >= 0.6 is 11.3 Å². The number of carbonyl (C=O) groups is 2. The van der Waals surface area contributed by atoms with Crippen LogP contribution in [0, 0.1) is 0 Å². The Morgan fingerprint density at radius 1 is 1.24 bits per heavy atom. The lowest BCUT2D eigenvalue weighted by Crippen LogP contribution is -2.22. The molecule has 0 aliphatic carbocycles. The summed E-state index contributed by atoms with van der Waals surface area (Å²) in [6.07, 6.45) is 1.02. The van der Waals surface area contributed by atoms with E-state index in [4.69, 9.17) is 4.74 Å². The second-order valence-electron chi connectivity index (χ2n) is 4.53. The van der Waals surface area contributed by atoms with Crippen molar-refractivity contribution in [2.24, 2.45) is 0 Å². The van der Waals surface area contributed by atoms with Crippen molar-refractivity contribution in [3.05, 3.63) is 52.2 Å². The molecule has 1 aromatic carbocycles. The van der Waals surface area contributed by atoms with Crippen LogP contribution in [-0.4, -0.2) is 18.5 Å². The van der Waals surface area contributed by atoms with Crippen molar-refractivity contribution in [1.82, 2.24) is 0 Å². The van der Waals surface area contributed by atoms with Gasteiger partial charge in [0.1, 0.15) is 0 Å². The summed E-state index contributed by atoms with van der Waals surface area (Å²) in [6.45, 7) is 1.76. The number of nitrogens with one attached hydrogen (secondary N) is 1. The molecule has 1 N–H and O–H groups in total. The fourth-order valence-corrected chi connectivity index (χ4v) is 2.56. The minimum atomic E-state index is -0.396. The predicted molar refractivity (Wildman–Crippen MR) is 83.4 cm³/mol. The average molecular weight is 303 g/mol. The van der Waals surface area contributed by atoms with Crippen LogP contribution in [0.15, 0.2) is 41.1 Å². The number of anilines is 1. The van der Waals surface area contributed by atoms with Gasteiger partial charge in [-0.1, -0.05) is 25.1 Å². The molecule has 0 saturated heterocycles. The van der Waals surface area contributed by atoms with E-state index in [0.29, 0.717) is 0 Å². The maximum atomic E-state index is 11.8. The number of aryl methyl sites for hydroxylation is 1. The fourth-order valence-electron chi connectivity index (χ4n) is 1.89. The molecule has 2 rings (SSSR count). The minimum Gasteiger partial charge on any atom is -0.455 e. The van der Waals surface area contributed by atoms with Crippen LogP contribution in [0.1, 0.15) is 18.1 Å². The molecule has 5 heteroatoms. The van der Waals surface area contributed by atoms with E-state index in [1.807, 2.05) is 48.0 Å². The van der Waals surface area contributed by atoms with E-state index in [2.05, 4.69) is 5.32 Å². The van der Waals surface area contributed by atoms with Crippen LogP contribution in [0.2, 0.25) is 0 Å². The second kappa shape index (κ2) is 7.59. The molecular formula is C16H17NO3S. The SMILES string of the molecule is CCc1ccccc1NC(=O)COC(=O)Cc1ccsc1. The van der Waals surface area contributed by atoms with E-state index in [-0.39, 0.29) is 18.9 Å². The van der Waals surface area contributed by atoms with Gasteiger partial charge >= 0.3 is 5.97 Å². The van der Waals surface area contributed by atoms with Crippen LogP contribution < -0.4 is 5.32 Å². The molecule has 2 aromatic rings. The maximum Gasteiger partial charge on any atom is 0.310 e. The highest BCUT2D eigenvalue weighted by Gasteiger charge is 2.10. The van der Waals surface area contributed by atoms with Gasteiger partial charge in [0.2, 0.25) is 0 Å². The molecule has 1 amide bonds. The Bertz CT molecular complexity index is 608. The van der Waals surface area contributed by atoms with Crippen molar-refractivity contribution in [2.75, 3.05) is 11.9 Å². The number of rotatable bonds is 6. The van der Waals surface area contributed by atoms with E-state index in [1.54, 1.807) is 0 Å². The van der Waals surface area contributed by atoms with Crippen LogP contribution in [0.25, 0.3) is 0 Å². The van der Waals surface area contributed by atoms with Crippen molar-refractivity contribution >= 4 is 28.9 Å². The molecule has 1 heterocycles. The molecular weight excluding hydrogens is 286 g/mol. The maximum absolute atomic E-state index is 11.8. The molecule has 0 aliphatic rings. The first-order valence-corrected chi connectivity index (χ1v) is 7.67. The van der Waals surface area contributed by atoms with Crippen LogP contribution in [-0.2, 0) is 27.2 Å². The number of ether oxygens (including phenoxy) is 1. The first kappa shape index (κ1) is 15.3. The average Bonchev–Trinajstić information content (AvgIpc) is 2.98. The molecule has 21 heavy (non-hydrogen) atoms. The molecule has 110 valence electrons. The van der Waals surface area contributed by atoms with Crippen molar-refractivity contribution in [3.63, 3.8) is 0 Å². The minimum absolute atomic E-state index is 0.197. The second-order valence-corrected chi connectivity index (χ2v) is 5.31. The zero-order valence-electron chi connectivity index (χ0n) is 11.8. The van der Waals surface area contributed by atoms with Gasteiger partial charge in [0, 0.05) is 5.69 Å². The number of carbonyl (C=O) groups excluding carboxylic acids is 2. The van der Waals surface area contributed by atoms with E-state index < -0.39 is 5.97 Å². The summed E-state index contributed by atoms with van der Waals surface area (Å²) in [7, 11) is 0. The Kier molecular flexibility index (Phi) is 5.51. The van der Waals surface area contributed by atoms with Gasteiger partial charge in [-0.25, -0.2) is 0 Å². The number of hydrogen-bond donors (Lipinski definition) is 1. The summed E-state index contributed by atoms with van der Waals surface area (Å²) >= 11 is 1.52. The molecule has 0 spiro atoms. The van der Waals surface area contributed by atoms with Gasteiger partial charge in [-0.05, 0) is 40.4 Å². The predicted octanol–water partition coefficient (Wildman–Crippen LogP) is 3.03. The molecule has 0 atom stereocenters. The van der Waals surface area contributed by atoms with Crippen molar-refractivity contribution in [3.8, 4) is 0 Å². The first-order chi connectivity index (χ1) is 10.2. The van der Waals surface area contributed by atoms with Gasteiger partial charge in [0.15, 0.2) is 6.61 Å². The van der Waals surface area contributed by atoms with E-state index in [1.165, 1.54) is 11.3 Å². The number of amides is 1. The van der Waals surface area contributed by atoms with Crippen molar-refractivity contribution in [1.29, 1.82) is 0 Å². The first-order valence-electron chi connectivity index (χ1n) is 6.73. The molecule has 0 fully saturated rings. The molecule has 0 saturated carbocycles. The topological polar surface area (TPSA) is 55.4 Å². The summed E-state index contributed by atoms with van der Waals surface area (Å²) in [4.78, 5) is 23.4. The van der Waals surface area contributed by atoms with Crippen LogP contribution in [0.5, 0.6) is 0 Å². The highest BCUT2D eigenvalue weighted by atomic mass is 32.1. The van der Waals surface area contributed by atoms with Crippen LogP contribution in [0.3, 0.4) is 0 Å². The van der Waals surface area contributed by atoms with Gasteiger partial charge in [0.25, 0.3) is 5.91 Å². The number of benzene rings is 1. The Morgan fingerprint density at radius 2 is 2.05 bits per heavy atom. The standard InChI is InChI=1S/C16H17NO3S/c1-2-13-5-3-4-6-14(13)17-15(18)10-20-16(19)9-12-7-8-21-11-12/h3-8,11H,2,9-10H2,1H3,(H,17,18). The van der Waals surface area contributed by atoms with Gasteiger partial charge < -0.3 is 10.1 Å². The van der Waals surface area contributed by atoms with Crippen molar-refractivity contribution in [2.45, 2.75) is 19.8 Å². The summed E-state index contributed by atoms with van der Waals surface area (Å²) in [5.41, 5.74) is 2.72. The van der Waals surface area contributed by atoms with Crippen molar-refractivity contribution < 1.29 is 14.3 Å². The fraction of sp³-hybridized carbons (Fsp3) is 0.250. The third-order valence-corrected chi connectivity index (χ3v) is 3.70. The van der Waals surface area contributed by atoms with E-state index in [0.717, 1.165) is 23.2 Å². The third-order valence-electron chi connectivity index (χ3n) is 2.97. The van der Waals surface area contributed by atoms with Gasteiger partial charge in [-0.3, -0.25) is 9.59 Å². The molecule has 0 radical (unpaired) electrons. The zero-order valence-corrected chi connectivity index (χ0v) is 12.6. The Balaban J connectivity index is 1.80. The smallest absolute Gasteiger partial charge is 0.310 e. The summed E-state index contributed by atoms with van der Waals surface area (Å²) in [5.74, 6) is -0.720. The molecule has 0 aliphatic heterocycles. The quantitative estimate of drug-likeness (QED) is 0.835. The Hall–Kier alpha value is -2.14. The lowest BCUT2D eigenvalue weighted by atomic mass is 10.1. The lowest BCUT2D eigenvalue weighted by Gasteiger charge is -2.09. The highest BCUT2D eigenvalue weighted by molar-refractivity contribution is 7.07. The number of para-hydroxylation sites is 1. The van der Waals surface area contributed by atoms with Crippen LogP contribution in [0.4, 0.5) is 5.69 Å². The Labute approximate surface area is 127 Å². The van der Waals surface area contributed by atoms with Gasteiger partial charge in [-0.15, -0.1) is 0 Å². The monoisotopic (exact) mass is 303 g/mol. The van der Waals surface area contributed by atoms with Gasteiger partial charge in [0.05, 0.1) is 6.42 Å². The Morgan fingerprint density at radius 3 is 2.76 bits per heavy atom. The highest BCUT2D eigenvalue weighted by Crippen LogP contribution is 2.15. The number of thiophene rings is 1. The molecule has 4 nitrogen and oxygen atoms in total. The van der Waals surface area contributed by atoms with E-state index >= 15 is 0 Å². The van der Waals surface area contributed by atoms with E-state index in [9.17, 15) is 9.59 Å². The summed E-state index contributed by atoms with van der Waals surface area (Å²) in [6, 6.07) is 9.44. The lowest BCUT2D eigenvalue weighted by molar-refractivity contribution is -0.146. The van der Waals surface area contributed by atoms with Gasteiger partial charge in [-0.2, -0.15) is 11.3 Å². The third kappa shape index (κ3) is 4.72. The summed E-state index contributed by atoms with van der Waals surface area (Å²) < 4.78 is 4.98. The largest absolute Gasteiger partial charge is 0.455 e. The number of hydrogen-bond acceptors (Lipinski definition) is 4. The number of esters is 1. The zero-order chi connectivity index (χ0) is 15.1. The molecule has 0 unspecified atom stereocenters. The molecule has 1 aromatic heterocycles. The normalized spacial score (nSPS) is 10.1. The summed E-state index contributed by atoms with van der Waals surface area (Å²) in [5, 5.41) is 6.55. The molecule has 0 bridgehead atoms.